The summed E-state index contributed by atoms with van der Waals surface area (Å²) in [6.45, 7) is 2.26. The van der Waals surface area contributed by atoms with E-state index < -0.39 is 5.82 Å². The summed E-state index contributed by atoms with van der Waals surface area (Å²) in [5, 5.41) is 0.0333. The van der Waals surface area contributed by atoms with Gasteiger partial charge in [-0.2, -0.15) is 0 Å². The number of halogens is 2. The van der Waals surface area contributed by atoms with Crippen molar-refractivity contribution in [2.45, 2.75) is 13.5 Å². The third-order valence-electron chi connectivity index (χ3n) is 2.93. The number of rotatable bonds is 2. The summed E-state index contributed by atoms with van der Waals surface area (Å²) in [6, 6.07) is 6.51. The summed E-state index contributed by atoms with van der Waals surface area (Å²) in [5.41, 5.74) is 7.01. The monoisotopic (exact) mass is 279 g/mol. The lowest BCUT2D eigenvalue weighted by atomic mass is 10.3. The highest BCUT2D eigenvalue weighted by molar-refractivity contribution is 6.31. The SMILES string of the molecule is Cc1ccc(Cn2c(N)nc3cc(Cl)c(F)cc32)o1. The van der Waals surface area contributed by atoms with Crippen molar-refractivity contribution < 1.29 is 8.81 Å². The number of anilines is 1. The fourth-order valence-electron chi connectivity index (χ4n) is 2.03. The van der Waals surface area contributed by atoms with Crippen molar-refractivity contribution in [1.82, 2.24) is 9.55 Å². The molecule has 0 aliphatic rings. The van der Waals surface area contributed by atoms with Gasteiger partial charge in [-0.3, -0.25) is 0 Å². The average Bonchev–Trinajstić information content (AvgIpc) is 2.87. The van der Waals surface area contributed by atoms with Crippen LogP contribution in [-0.4, -0.2) is 9.55 Å². The number of aryl methyl sites for hydroxylation is 1. The van der Waals surface area contributed by atoms with Crippen LogP contribution in [0.2, 0.25) is 5.02 Å². The largest absolute Gasteiger partial charge is 0.464 e. The quantitative estimate of drug-likeness (QED) is 0.782. The van der Waals surface area contributed by atoms with Crippen molar-refractivity contribution in [3.8, 4) is 0 Å². The van der Waals surface area contributed by atoms with Gasteiger partial charge in [0.25, 0.3) is 0 Å². The van der Waals surface area contributed by atoms with Crippen LogP contribution in [0.15, 0.2) is 28.7 Å². The predicted octanol–water partition coefficient (Wildman–Crippen LogP) is 3.36. The van der Waals surface area contributed by atoms with Gasteiger partial charge in [-0.15, -0.1) is 0 Å². The molecule has 6 heteroatoms. The minimum Gasteiger partial charge on any atom is -0.464 e. The van der Waals surface area contributed by atoms with E-state index in [4.69, 9.17) is 21.8 Å². The summed E-state index contributed by atoms with van der Waals surface area (Å²) >= 11 is 5.73. The van der Waals surface area contributed by atoms with Crippen molar-refractivity contribution in [2.75, 3.05) is 5.73 Å². The molecule has 0 bridgehead atoms. The molecule has 0 aliphatic carbocycles. The number of hydrogen-bond acceptors (Lipinski definition) is 3. The van der Waals surface area contributed by atoms with Crippen LogP contribution in [0.25, 0.3) is 11.0 Å². The van der Waals surface area contributed by atoms with Gasteiger partial charge in [-0.25, -0.2) is 9.37 Å². The molecule has 2 N–H and O–H groups in total. The highest BCUT2D eigenvalue weighted by Gasteiger charge is 2.13. The zero-order valence-electron chi connectivity index (χ0n) is 10.2. The van der Waals surface area contributed by atoms with E-state index >= 15 is 0 Å². The van der Waals surface area contributed by atoms with Crippen LogP contribution in [0.3, 0.4) is 0 Å². The number of aromatic nitrogens is 2. The Bertz CT molecular complexity index is 763. The summed E-state index contributed by atoms with van der Waals surface area (Å²) in [6.07, 6.45) is 0. The van der Waals surface area contributed by atoms with Crippen molar-refractivity contribution in [1.29, 1.82) is 0 Å². The minimum absolute atomic E-state index is 0.0333. The lowest BCUT2D eigenvalue weighted by Crippen LogP contribution is -2.03. The topological polar surface area (TPSA) is 57.0 Å². The molecule has 0 saturated heterocycles. The Hall–Kier alpha value is -2.01. The van der Waals surface area contributed by atoms with Crippen molar-refractivity contribution >= 4 is 28.6 Å². The maximum atomic E-state index is 13.5. The molecule has 2 aromatic heterocycles. The molecule has 0 amide bonds. The number of benzene rings is 1. The van der Waals surface area contributed by atoms with Crippen LogP contribution in [0, 0.1) is 12.7 Å². The number of hydrogen-bond donors (Lipinski definition) is 1. The fourth-order valence-corrected chi connectivity index (χ4v) is 2.19. The van der Waals surface area contributed by atoms with E-state index in [1.54, 1.807) is 4.57 Å². The second-order valence-corrected chi connectivity index (χ2v) is 4.73. The molecule has 0 atom stereocenters. The summed E-state index contributed by atoms with van der Waals surface area (Å²) in [4.78, 5) is 4.17. The minimum atomic E-state index is -0.494. The number of nitrogens with zero attached hydrogens (tertiary/aromatic N) is 2. The normalized spacial score (nSPS) is 11.3. The Morgan fingerprint density at radius 2 is 2.21 bits per heavy atom. The Morgan fingerprint density at radius 1 is 1.42 bits per heavy atom. The molecular formula is C13H11ClFN3O. The van der Waals surface area contributed by atoms with Crippen molar-refractivity contribution in [3.63, 3.8) is 0 Å². The van der Waals surface area contributed by atoms with Crippen LogP contribution >= 0.6 is 11.6 Å². The van der Waals surface area contributed by atoms with E-state index in [0.717, 1.165) is 11.5 Å². The summed E-state index contributed by atoms with van der Waals surface area (Å²) in [7, 11) is 0. The van der Waals surface area contributed by atoms with Gasteiger partial charge in [0.15, 0.2) is 0 Å². The number of nitrogens with two attached hydrogens (primary N) is 1. The maximum absolute atomic E-state index is 13.5. The molecule has 19 heavy (non-hydrogen) atoms. The van der Waals surface area contributed by atoms with Crippen LogP contribution in [0.5, 0.6) is 0 Å². The number of furan rings is 1. The molecule has 1 aromatic carbocycles. The number of nitrogen functional groups attached to an aromatic ring is 1. The Labute approximate surface area is 113 Å². The smallest absolute Gasteiger partial charge is 0.201 e. The molecule has 3 rings (SSSR count). The third kappa shape index (κ3) is 2.06. The van der Waals surface area contributed by atoms with E-state index in [2.05, 4.69) is 4.98 Å². The first-order chi connectivity index (χ1) is 9.04. The second-order valence-electron chi connectivity index (χ2n) is 4.32. The molecular weight excluding hydrogens is 269 g/mol. The van der Waals surface area contributed by atoms with Gasteiger partial charge in [-0.05, 0) is 25.1 Å². The molecule has 0 unspecified atom stereocenters. The Kier molecular flexibility index (Phi) is 2.71. The molecule has 0 spiro atoms. The van der Waals surface area contributed by atoms with Gasteiger partial charge >= 0.3 is 0 Å². The van der Waals surface area contributed by atoms with E-state index in [1.165, 1.54) is 12.1 Å². The summed E-state index contributed by atoms with van der Waals surface area (Å²) in [5.74, 6) is 1.35. The first kappa shape index (κ1) is 12.0. The highest BCUT2D eigenvalue weighted by Crippen LogP contribution is 2.25. The van der Waals surface area contributed by atoms with Crippen LogP contribution in [-0.2, 0) is 6.54 Å². The molecule has 2 heterocycles. The Morgan fingerprint density at radius 3 is 2.89 bits per heavy atom. The van der Waals surface area contributed by atoms with Gasteiger partial charge in [0, 0.05) is 6.07 Å². The first-order valence-electron chi connectivity index (χ1n) is 5.70. The molecule has 98 valence electrons. The third-order valence-corrected chi connectivity index (χ3v) is 3.22. The zero-order chi connectivity index (χ0) is 13.6. The zero-order valence-corrected chi connectivity index (χ0v) is 10.9. The van der Waals surface area contributed by atoms with Crippen LogP contribution < -0.4 is 5.73 Å². The van der Waals surface area contributed by atoms with Gasteiger partial charge < -0.3 is 14.7 Å². The lowest BCUT2D eigenvalue weighted by Gasteiger charge is -2.04. The first-order valence-corrected chi connectivity index (χ1v) is 6.08. The van der Waals surface area contributed by atoms with E-state index in [-0.39, 0.29) is 5.02 Å². The molecule has 0 radical (unpaired) electrons. The van der Waals surface area contributed by atoms with E-state index in [9.17, 15) is 4.39 Å². The van der Waals surface area contributed by atoms with Crippen molar-refractivity contribution in [2.24, 2.45) is 0 Å². The summed E-state index contributed by atoms with van der Waals surface area (Å²) < 4.78 is 20.7. The molecule has 4 nitrogen and oxygen atoms in total. The van der Waals surface area contributed by atoms with E-state index in [0.29, 0.717) is 23.5 Å². The molecule has 0 aliphatic heterocycles. The Balaban J connectivity index is 2.12. The standard InChI is InChI=1S/C13H11ClFN3O/c1-7-2-3-8(19-7)6-18-12-5-10(15)9(14)4-11(12)17-13(18)16/h2-5H,6H2,1H3,(H2,16,17). The van der Waals surface area contributed by atoms with Crippen molar-refractivity contribution in [3.05, 3.63) is 46.6 Å². The molecule has 0 fully saturated rings. The van der Waals surface area contributed by atoms with Gasteiger partial charge in [0.2, 0.25) is 5.95 Å². The number of imidazole rings is 1. The lowest BCUT2D eigenvalue weighted by molar-refractivity contribution is 0.473. The van der Waals surface area contributed by atoms with Crippen LogP contribution in [0.1, 0.15) is 11.5 Å². The van der Waals surface area contributed by atoms with Crippen LogP contribution in [0.4, 0.5) is 10.3 Å². The van der Waals surface area contributed by atoms with Gasteiger partial charge in [0.1, 0.15) is 17.3 Å². The predicted molar refractivity (Wildman–Crippen MR) is 71.7 cm³/mol. The maximum Gasteiger partial charge on any atom is 0.201 e. The molecule has 3 aromatic rings. The van der Waals surface area contributed by atoms with Gasteiger partial charge in [0.05, 0.1) is 22.6 Å². The second kappa shape index (κ2) is 4.28. The van der Waals surface area contributed by atoms with Gasteiger partial charge in [-0.1, -0.05) is 11.6 Å². The average molecular weight is 280 g/mol. The highest BCUT2D eigenvalue weighted by atomic mass is 35.5. The number of fused-ring (bicyclic) bond motifs is 1. The fraction of sp³-hybridized carbons (Fsp3) is 0.154. The van der Waals surface area contributed by atoms with E-state index in [1.807, 2.05) is 19.1 Å². The molecule has 0 saturated carbocycles.